The molecule has 0 atom stereocenters. The summed E-state index contributed by atoms with van der Waals surface area (Å²) in [6.07, 6.45) is 5.22. The molecule has 1 fully saturated rings. The summed E-state index contributed by atoms with van der Waals surface area (Å²) >= 11 is 0. The predicted molar refractivity (Wildman–Crippen MR) is 106 cm³/mol. The second-order valence-electron chi connectivity index (χ2n) is 8.18. The molecule has 0 amide bonds. The Morgan fingerprint density at radius 3 is 1.75 bits per heavy atom. The maximum absolute atomic E-state index is 10.7. The first-order chi connectivity index (χ1) is 11.0. The fourth-order valence-electron chi connectivity index (χ4n) is 2.62. The summed E-state index contributed by atoms with van der Waals surface area (Å²) in [7, 11) is 0. The van der Waals surface area contributed by atoms with Gasteiger partial charge in [-0.25, -0.2) is 0 Å². The summed E-state index contributed by atoms with van der Waals surface area (Å²) in [6, 6.07) is 4.06. The van der Waals surface area contributed by atoms with Crippen molar-refractivity contribution in [3.05, 3.63) is 28.8 Å². The van der Waals surface area contributed by atoms with Crippen molar-refractivity contribution in [2.45, 2.75) is 72.0 Å². The quantitative estimate of drug-likeness (QED) is 0.658. The molecule has 24 heavy (non-hydrogen) atoms. The van der Waals surface area contributed by atoms with E-state index in [1.807, 2.05) is 12.1 Å². The van der Waals surface area contributed by atoms with Crippen LogP contribution < -0.4 is 0 Å². The van der Waals surface area contributed by atoms with Gasteiger partial charge in [0.2, 0.25) is 0 Å². The standard InChI is InChI=1S/C18H28O3.C3H4.3H2/c1-17(2,3)13-10-12(16-20-8-7-9-21-16)11-14(15(13)19)18(4,5)6;1-3-2;;;/h10-11,16,19H,7-9H2,1-6H3;1H,2H3;3*1H. The van der Waals surface area contributed by atoms with Crippen LogP contribution in [0.15, 0.2) is 12.1 Å². The molecule has 0 aliphatic carbocycles. The third kappa shape index (κ3) is 5.26. The first-order valence-electron chi connectivity index (χ1n) is 8.50. The number of phenolic OH excluding ortho intramolecular Hbond substituents is 1. The number of hydrogen-bond acceptors (Lipinski definition) is 3. The Labute approximate surface area is 151 Å². The van der Waals surface area contributed by atoms with Crippen molar-refractivity contribution < 1.29 is 18.9 Å². The number of ether oxygens (including phenoxy) is 2. The van der Waals surface area contributed by atoms with E-state index in [9.17, 15) is 5.11 Å². The lowest BCUT2D eigenvalue weighted by atomic mass is 9.78. The Balaban J connectivity index is -0.000000900. The Hall–Kier alpha value is -1.50. The van der Waals surface area contributed by atoms with Crippen molar-refractivity contribution in [2.24, 2.45) is 0 Å². The Morgan fingerprint density at radius 2 is 1.42 bits per heavy atom. The molecule has 2 rings (SSSR count). The molecule has 1 saturated heterocycles. The molecule has 140 valence electrons. The molecule has 1 aliphatic heterocycles. The van der Waals surface area contributed by atoms with E-state index in [4.69, 9.17) is 9.47 Å². The molecular weight excluding hydrogens is 300 g/mol. The number of aromatic hydroxyl groups is 1. The molecule has 1 aromatic rings. The van der Waals surface area contributed by atoms with Crippen LogP contribution in [0, 0.1) is 12.3 Å². The normalized spacial score (nSPS) is 16.1. The van der Waals surface area contributed by atoms with Gasteiger partial charge in [0.1, 0.15) is 5.75 Å². The first kappa shape index (κ1) is 20.5. The summed E-state index contributed by atoms with van der Waals surface area (Å²) < 4.78 is 11.5. The van der Waals surface area contributed by atoms with E-state index in [-0.39, 0.29) is 21.4 Å². The van der Waals surface area contributed by atoms with E-state index in [0.717, 1.165) is 36.3 Å². The molecule has 1 N–H and O–H groups in total. The molecule has 3 heteroatoms. The van der Waals surface area contributed by atoms with Crippen LogP contribution in [0.5, 0.6) is 5.75 Å². The van der Waals surface area contributed by atoms with E-state index >= 15 is 0 Å². The minimum Gasteiger partial charge on any atom is -0.507 e. The highest BCUT2D eigenvalue weighted by atomic mass is 16.7. The summed E-state index contributed by atoms with van der Waals surface area (Å²) in [6.45, 7) is 15.8. The number of hydrogen-bond donors (Lipinski definition) is 1. The van der Waals surface area contributed by atoms with E-state index in [1.54, 1.807) is 6.92 Å². The molecule has 3 nitrogen and oxygen atoms in total. The largest absolute Gasteiger partial charge is 0.507 e. The van der Waals surface area contributed by atoms with Crippen LogP contribution in [-0.4, -0.2) is 18.3 Å². The van der Waals surface area contributed by atoms with Crippen molar-refractivity contribution in [2.75, 3.05) is 13.2 Å². The van der Waals surface area contributed by atoms with Crippen molar-refractivity contribution in [3.63, 3.8) is 0 Å². The van der Waals surface area contributed by atoms with Gasteiger partial charge in [-0.3, -0.25) is 0 Å². The molecule has 1 aromatic carbocycles. The third-order valence-corrected chi connectivity index (χ3v) is 3.85. The van der Waals surface area contributed by atoms with Gasteiger partial charge in [-0.05, 0) is 47.4 Å². The van der Waals surface area contributed by atoms with Gasteiger partial charge >= 0.3 is 0 Å². The molecular formula is C21H38O3. The van der Waals surface area contributed by atoms with Gasteiger partial charge in [-0.1, -0.05) is 41.5 Å². The molecule has 0 bridgehead atoms. The maximum Gasteiger partial charge on any atom is 0.183 e. The van der Waals surface area contributed by atoms with Crippen molar-refractivity contribution >= 4 is 0 Å². The zero-order valence-electron chi connectivity index (χ0n) is 16.2. The minimum atomic E-state index is -0.318. The molecule has 0 unspecified atom stereocenters. The number of benzene rings is 1. The summed E-state index contributed by atoms with van der Waals surface area (Å²) in [5.74, 6) is 2.65. The van der Waals surface area contributed by atoms with Gasteiger partial charge in [0.05, 0.1) is 13.2 Å². The van der Waals surface area contributed by atoms with Gasteiger partial charge in [0.15, 0.2) is 6.29 Å². The number of terminal acetylenes is 1. The van der Waals surface area contributed by atoms with Gasteiger partial charge in [-0.2, -0.15) is 0 Å². The predicted octanol–water partition coefficient (Wildman–Crippen LogP) is 5.80. The Kier molecular flexibility index (Phi) is 6.89. The van der Waals surface area contributed by atoms with Crippen LogP contribution >= 0.6 is 0 Å². The van der Waals surface area contributed by atoms with Crippen LogP contribution in [0.2, 0.25) is 0 Å². The fourth-order valence-corrected chi connectivity index (χ4v) is 2.62. The number of phenols is 1. The molecule has 0 radical (unpaired) electrons. The SMILES string of the molecule is C#CC.CC(C)(C)c1cc(C2OCCCO2)cc(C(C)(C)C)c1O.[HH].[HH].[HH]. The van der Waals surface area contributed by atoms with E-state index < -0.39 is 0 Å². The van der Waals surface area contributed by atoms with E-state index in [0.29, 0.717) is 5.75 Å². The van der Waals surface area contributed by atoms with Crippen molar-refractivity contribution in [3.8, 4) is 18.1 Å². The summed E-state index contributed by atoms with van der Waals surface area (Å²) in [4.78, 5) is 0. The van der Waals surface area contributed by atoms with Gasteiger partial charge < -0.3 is 14.6 Å². The first-order valence-corrected chi connectivity index (χ1v) is 8.50. The zero-order chi connectivity index (χ0) is 18.5. The van der Waals surface area contributed by atoms with Crippen LogP contribution in [0.1, 0.15) is 82.1 Å². The average Bonchev–Trinajstić information content (AvgIpc) is 2.47. The smallest absolute Gasteiger partial charge is 0.183 e. The van der Waals surface area contributed by atoms with Crippen LogP contribution in [0.3, 0.4) is 0 Å². The van der Waals surface area contributed by atoms with Crippen LogP contribution in [-0.2, 0) is 20.3 Å². The minimum absolute atomic E-state index is 0. The Morgan fingerprint density at radius 1 is 1.04 bits per heavy atom. The fraction of sp³-hybridized carbons (Fsp3) is 0.619. The third-order valence-electron chi connectivity index (χ3n) is 3.85. The highest BCUT2D eigenvalue weighted by Crippen LogP contribution is 2.41. The number of rotatable bonds is 1. The molecule has 1 aliphatic rings. The Bertz CT molecular complexity index is 555. The highest BCUT2D eigenvalue weighted by molar-refractivity contribution is 5.50. The van der Waals surface area contributed by atoms with Gasteiger partial charge in [-0.15, -0.1) is 12.3 Å². The van der Waals surface area contributed by atoms with Gasteiger partial charge in [0.25, 0.3) is 0 Å². The second kappa shape index (κ2) is 8.05. The molecule has 1 heterocycles. The summed E-state index contributed by atoms with van der Waals surface area (Å²) in [5.41, 5.74) is 2.64. The summed E-state index contributed by atoms with van der Waals surface area (Å²) in [5, 5.41) is 10.7. The lowest BCUT2D eigenvalue weighted by molar-refractivity contribution is -0.183. The van der Waals surface area contributed by atoms with Crippen molar-refractivity contribution in [1.29, 1.82) is 0 Å². The molecule has 0 saturated carbocycles. The van der Waals surface area contributed by atoms with Crippen LogP contribution in [0.25, 0.3) is 0 Å². The van der Waals surface area contributed by atoms with E-state index in [2.05, 4.69) is 53.9 Å². The second-order valence-corrected chi connectivity index (χ2v) is 8.18. The monoisotopic (exact) mass is 338 g/mol. The lowest BCUT2D eigenvalue weighted by Gasteiger charge is -2.31. The average molecular weight is 339 g/mol. The highest BCUT2D eigenvalue weighted by Gasteiger charge is 2.29. The molecule has 0 spiro atoms. The molecule has 0 aromatic heterocycles. The van der Waals surface area contributed by atoms with Crippen LogP contribution in [0.4, 0.5) is 0 Å². The zero-order valence-corrected chi connectivity index (χ0v) is 16.2. The maximum atomic E-state index is 10.7. The van der Waals surface area contributed by atoms with Crippen molar-refractivity contribution in [1.82, 2.24) is 0 Å². The topological polar surface area (TPSA) is 38.7 Å². The van der Waals surface area contributed by atoms with E-state index in [1.165, 1.54) is 0 Å². The van der Waals surface area contributed by atoms with Gasteiger partial charge in [0, 0.05) is 9.84 Å². The lowest BCUT2D eigenvalue weighted by Crippen LogP contribution is -2.22.